The van der Waals surface area contributed by atoms with Crippen LogP contribution in [-0.2, 0) is 0 Å². The van der Waals surface area contributed by atoms with Gasteiger partial charge in [-0.3, -0.25) is 0 Å². The molecule has 0 aliphatic rings. The van der Waals surface area contributed by atoms with Gasteiger partial charge in [0.05, 0.1) is 21.1 Å². The molecule has 0 aliphatic carbocycles. The second-order valence-electron chi connectivity index (χ2n) is 5.08. The van der Waals surface area contributed by atoms with E-state index in [1.165, 1.54) is 0 Å². The predicted octanol–water partition coefficient (Wildman–Crippen LogP) is 5.89. The molecule has 0 aliphatic heterocycles. The molecule has 2 rings (SSSR count). The molecule has 1 unspecified atom stereocenters. The van der Waals surface area contributed by atoms with Crippen LogP contribution in [0.2, 0.25) is 15.1 Å². The molecule has 5 heteroatoms. The van der Waals surface area contributed by atoms with Crippen LogP contribution in [-0.4, -0.2) is 14.1 Å². The first-order valence-electron chi connectivity index (χ1n) is 6.57. The lowest BCUT2D eigenvalue weighted by molar-refractivity contribution is 0.885. The van der Waals surface area contributed by atoms with Crippen LogP contribution in [0.25, 0.3) is 0 Å². The average Bonchev–Trinajstić information content (AvgIpc) is 2.45. The number of halogens is 3. The zero-order valence-corrected chi connectivity index (χ0v) is 14.4. The molecule has 0 spiro atoms. The van der Waals surface area contributed by atoms with E-state index < -0.39 is 0 Å². The molecule has 1 atom stereocenters. The normalized spacial score (nSPS) is 12.1. The van der Waals surface area contributed by atoms with Gasteiger partial charge in [0.25, 0.3) is 0 Å². The highest BCUT2D eigenvalue weighted by Crippen LogP contribution is 2.36. The van der Waals surface area contributed by atoms with Crippen molar-refractivity contribution in [3.63, 3.8) is 0 Å². The molecule has 0 heterocycles. The van der Waals surface area contributed by atoms with Crippen LogP contribution in [0.5, 0.6) is 0 Å². The Balaban J connectivity index is 2.24. The molecule has 0 fully saturated rings. The largest absolute Gasteiger partial charge is 0.378 e. The molecule has 0 bridgehead atoms. The molecular weight excluding hydrogens is 327 g/mol. The second-order valence-corrected chi connectivity index (χ2v) is 6.24. The standard InChI is InChI=1S/C16H17Cl3N2/c1-10(13-7-8-14(17)16(19)15(13)18)20-11-5-4-6-12(9-11)21(2)3/h4-10,20H,1-3H3. The molecule has 0 saturated heterocycles. The first kappa shape index (κ1) is 16.3. The number of hydrogen-bond acceptors (Lipinski definition) is 2. The number of nitrogens with one attached hydrogen (secondary N) is 1. The van der Waals surface area contributed by atoms with E-state index in [0.29, 0.717) is 15.1 Å². The van der Waals surface area contributed by atoms with E-state index in [1.54, 1.807) is 6.07 Å². The first-order chi connectivity index (χ1) is 9.90. The van der Waals surface area contributed by atoms with E-state index in [2.05, 4.69) is 22.3 Å². The Bertz CT molecular complexity index is 641. The van der Waals surface area contributed by atoms with Crippen LogP contribution in [0.1, 0.15) is 18.5 Å². The first-order valence-corrected chi connectivity index (χ1v) is 7.71. The predicted molar refractivity (Wildman–Crippen MR) is 94.3 cm³/mol. The third-order valence-electron chi connectivity index (χ3n) is 3.28. The summed E-state index contributed by atoms with van der Waals surface area (Å²) in [6, 6.07) is 11.9. The fourth-order valence-corrected chi connectivity index (χ4v) is 2.78. The molecule has 1 N–H and O–H groups in total. The minimum atomic E-state index is 0.0182. The van der Waals surface area contributed by atoms with Gasteiger partial charge in [0.15, 0.2) is 0 Å². The number of hydrogen-bond donors (Lipinski definition) is 1. The SMILES string of the molecule is CC(Nc1cccc(N(C)C)c1)c1ccc(Cl)c(Cl)c1Cl. The molecule has 0 saturated carbocycles. The summed E-state index contributed by atoms with van der Waals surface area (Å²) < 4.78 is 0. The van der Waals surface area contributed by atoms with Crippen molar-refractivity contribution < 1.29 is 0 Å². The van der Waals surface area contributed by atoms with Gasteiger partial charge in [-0.25, -0.2) is 0 Å². The quantitative estimate of drug-likeness (QED) is 0.697. The number of benzene rings is 2. The molecule has 0 radical (unpaired) electrons. The minimum Gasteiger partial charge on any atom is -0.378 e. The Hall–Kier alpha value is -1.09. The van der Waals surface area contributed by atoms with Gasteiger partial charge in [-0.05, 0) is 36.8 Å². The number of rotatable bonds is 4. The Morgan fingerprint density at radius 2 is 1.71 bits per heavy atom. The summed E-state index contributed by atoms with van der Waals surface area (Å²) in [6.07, 6.45) is 0. The van der Waals surface area contributed by atoms with Crippen molar-refractivity contribution in [2.45, 2.75) is 13.0 Å². The van der Waals surface area contributed by atoms with Crippen molar-refractivity contribution in [2.75, 3.05) is 24.3 Å². The smallest absolute Gasteiger partial charge is 0.0782 e. The Kier molecular flexibility index (Phi) is 5.26. The fraction of sp³-hybridized carbons (Fsp3) is 0.250. The molecular formula is C16H17Cl3N2. The van der Waals surface area contributed by atoms with Crippen molar-refractivity contribution in [3.05, 3.63) is 57.0 Å². The highest BCUT2D eigenvalue weighted by Gasteiger charge is 2.14. The summed E-state index contributed by atoms with van der Waals surface area (Å²) in [6.45, 7) is 2.04. The van der Waals surface area contributed by atoms with Gasteiger partial charge in [-0.15, -0.1) is 0 Å². The van der Waals surface area contributed by atoms with Gasteiger partial charge in [-0.2, -0.15) is 0 Å². The van der Waals surface area contributed by atoms with Gasteiger partial charge < -0.3 is 10.2 Å². The molecule has 112 valence electrons. The third-order valence-corrected chi connectivity index (χ3v) is 4.59. The van der Waals surface area contributed by atoms with Crippen molar-refractivity contribution in [1.29, 1.82) is 0 Å². The summed E-state index contributed by atoms with van der Waals surface area (Å²) in [5.74, 6) is 0. The van der Waals surface area contributed by atoms with Gasteiger partial charge in [0.2, 0.25) is 0 Å². The second kappa shape index (κ2) is 6.78. The van der Waals surface area contributed by atoms with Crippen molar-refractivity contribution >= 4 is 46.2 Å². The topological polar surface area (TPSA) is 15.3 Å². The van der Waals surface area contributed by atoms with Crippen LogP contribution >= 0.6 is 34.8 Å². The lowest BCUT2D eigenvalue weighted by Gasteiger charge is -2.20. The van der Waals surface area contributed by atoms with Gasteiger partial charge in [0.1, 0.15) is 0 Å². The van der Waals surface area contributed by atoms with Gasteiger partial charge >= 0.3 is 0 Å². The third kappa shape index (κ3) is 3.76. The lowest BCUT2D eigenvalue weighted by atomic mass is 10.1. The van der Waals surface area contributed by atoms with E-state index in [-0.39, 0.29) is 6.04 Å². The highest BCUT2D eigenvalue weighted by atomic mass is 35.5. The van der Waals surface area contributed by atoms with Crippen LogP contribution in [0.15, 0.2) is 36.4 Å². The highest BCUT2D eigenvalue weighted by molar-refractivity contribution is 6.48. The Morgan fingerprint density at radius 3 is 2.38 bits per heavy atom. The molecule has 0 amide bonds. The van der Waals surface area contributed by atoms with Crippen LogP contribution < -0.4 is 10.2 Å². The molecule has 2 aromatic carbocycles. The van der Waals surface area contributed by atoms with Crippen molar-refractivity contribution in [1.82, 2.24) is 0 Å². The zero-order valence-electron chi connectivity index (χ0n) is 12.1. The lowest BCUT2D eigenvalue weighted by Crippen LogP contribution is -2.10. The Labute approximate surface area is 140 Å². The Morgan fingerprint density at radius 1 is 1.00 bits per heavy atom. The maximum absolute atomic E-state index is 6.28. The van der Waals surface area contributed by atoms with Gasteiger partial charge in [-0.1, -0.05) is 46.9 Å². The summed E-state index contributed by atoms with van der Waals surface area (Å²) in [5, 5.41) is 4.78. The summed E-state index contributed by atoms with van der Waals surface area (Å²) in [7, 11) is 4.02. The maximum atomic E-state index is 6.28. The number of nitrogens with zero attached hydrogens (tertiary/aromatic N) is 1. The molecule has 21 heavy (non-hydrogen) atoms. The van der Waals surface area contributed by atoms with E-state index in [9.17, 15) is 0 Å². The number of anilines is 2. The van der Waals surface area contributed by atoms with Crippen molar-refractivity contribution in [2.24, 2.45) is 0 Å². The monoisotopic (exact) mass is 342 g/mol. The minimum absolute atomic E-state index is 0.0182. The molecule has 0 aromatic heterocycles. The summed E-state index contributed by atoms with van der Waals surface area (Å²) in [5.41, 5.74) is 3.07. The van der Waals surface area contributed by atoms with Crippen LogP contribution in [0, 0.1) is 0 Å². The summed E-state index contributed by atoms with van der Waals surface area (Å²) in [4.78, 5) is 2.06. The zero-order chi connectivity index (χ0) is 15.6. The van der Waals surface area contributed by atoms with E-state index in [4.69, 9.17) is 34.8 Å². The summed E-state index contributed by atoms with van der Waals surface area (Å²) >= 11 is 18.3. The van der Waals surface area contributed by atoms with E-state index in [1.807, 2.05) is 39.2 Å². The molecule has 2 aromatic rings. The van der Waals surface area contributed by atoms with Crippen LogP contribution in [0.3, 0.4) is 0 Å². The van der Waals surface area contributed by atoms with Crippen molar-refractivity contribution in [3.8, 4) is 0 Å². The average molecular weight is 344 g/mol. The maximum Gasteiger partial charge on any atom is 0.0782 e. The van der Waals surface area contributed by atoms with E-state index >= 15 is 0 Å². The van der Waals surface area contributed by atoms with E-state index in [0.717, 1.165) is 16.9 Å². The van der Waals surface area contributed by atoms with Gasteiger partial charge in [0, 0.05) is 25.5 Å². The fourth-order valence-electron chi connectivity index (χ4n) is 2.08. The van der Waals surface area contributed by atoms with Crippen LogP contribution in [0.4, 0.5) is 11.4 Å². The molecule has 2 nitrogen and oxygen atoms in total.